The lowest BCUT2D eigenvalue weighted by molar-refractivity contribution is 0.273. The number of nitrogens with zero attached hydrogens (tertiary/aromatic N) is 3. The first-order chi connectivity index (χ1) is 13.8. The first kappa shape index (κ1) is 22.9. The third kappa shape index (κ3) is 4.78. The Kier molecular flexibility index (Phi) is 7.80. The maximum atomic E-state index is 9.54. The molecule has 3 aromatic rings. The SMILES string of the molecule is CCC.COc1nc(C(C)C)ccc1-c1nc2c(cc1C)c([C@@H](C)CO)cn2C. The fraction of sp³-hybridized carbons (Fsp3) is 0.500. The summed E-state index contributed by atoms with van der Waals surface area (Å²) in [5, 5.41) is 10.6. The highest BCUT2D eigenvalue weighted by Crippen LogP contribution is 2.34. The molecule has 3 aromatic heterocycles. The van der Waals surface area contributed by atoms with E-state index in [2.05, 4.69) is 51.9 Å². The molecule has 0 radical (unpaired) electrons. The van der Waals surface area contributed by atoms with E-state index in [1.165, 1.54) is 6.42 Å². The minimum absolute atomic E-state index is 0.0762. The molecule has 5 nitrogen and oxygen atoms in total. The highest BCUT2D eigenvalue weighted by atomic mass is 16.5. The van der Waals surface area contributed by atoms with Gasteiger partial charge < -0.3 is 14.4 Å². The Morgan fingerprint density at radius 2 is 1.79 bits per heavy atom. The van der Waals surface area contributed by atoms with Crippen LogP contribution in [0.5, 0.6) is 5.88 Å². The van der Waals surface area contributed by atoms with Crippen molar-refractivity contribution in [3.8, 4) is 17.1 Å². The summed E-state index contributed by atoms with van der Waals surface area (Å²) in [5.74, 6) is 1.02. The van der Waals surface area contributed by atoms with Gasteiger partial charge in [-0.3, -0.25) is 0 Å². The van der Waals surface area contributed by atoms with E-state index >= 15 is 0 Å². The molecule has 0 spiro atoms. The average molecular weight is 398 g/mol. The van der Waals surface area contributed by atoms with Crippen LogP contribution in [-0.4, -0.2) is 33.4 Å². The van der Waals surface area contributed by atoms with E-state index in [1.807, 2.05) is 30.7 Å². The minimum Gasteiger partial charge on any atom is -0.480 e. The zero-order chi connectivity index (χ0) is 21.7. The number of rotatable bonds is 5. The highest BCUT2D eigenvalue weighted by molar-refractivity contribution is 5.86. The van der Waals surface area contributed by atoms with E-state index in [9.17, 15) is 5.11 Å². The second kappa shape index (κ2) is 9.88. The molecule has 1 N–H and O–H groups in total. The summed E-state index contributed by atoms with van der Waals surface area (Å²) in [7, 11) is 3.63. The van der Waals surface area contributed by atoms with Gasteiger partial charge in [0.25, 0.3) is 0 Å². The van der Waals surface area contributed by atoms with E-state index < -0.39 is 0 Å². The van der Waals surface area contributed by atoms with Crippen LogP contribution in [0.1, 0.15) is 69.7 Å². The molecule has 29 heavy (non-hydrogen) atoms. The molecule has 158 valence electrons. The number of pyridine rings is 2. The number of aromatic nitrogens is 3. The molecular formula is C24H35N3O2. The summed E-state index contributed by atoms with van der Waals surface area (Å²) >= 11 is 0. The minimum atomic E-state index is 0.0762. The first-order valence-corrected chi connectivity index (χ1v) is 10.4. The molecule has 0 aliphatic rings. The molecule has 0 aliphatic carbocycles. The van der Waals surface area contributed by atoms with Crippen LogP contribution in [0.4, 0.5) is 0 Å². The fourth-order valence-corrected chi connectivity index (χ4v) is 3.30. The molecule has 0 aromatic carbocycles. The third-order valence-corrected chi connectivity index (χ3v) is 4.90. The second-order valence-corrected chi connectivity index (χ2v) is 7.96. The van der Waals surface area contributed by atoms with Gasteiger partial charge in [0.05, 0.1) is 18.4 Å². The average Bonchev–Trinajstić information content (AvgIpc) is 3.02. The Morgan fingerprint density at radius 3 is 2.34 bits per heavy atom. The Morgan fingerprint density at radius 1 is 1.14 bits per heavy atom. The molecular weight excluding hydrogens is 362 g/mol. The summed E-state index contributed by atoms with van der Waals surface area (Å²) in [5.41, 5.74) is 5.86. The van der Waals surface area contributed by atoms with Gasteiger partial charge in [-0.1, -0.05) is 41.0 Å². The summed E-state index contributed by atoms with van der Waals surface area (Å²) < 4.78 is 7.57. The predicted octanol–water partition coefficient (Wildman–Crippen LogP) is 5.59. The van der Waals surface area contributed by atoms with Gasteiger partial charge in [0, 0.05) is 36.8 Å². The molecule has 1 atom stereocenters. The molecule has 5 heteroatoms. The molecule has 3 heterocycles. The molecule has 0 amide bonds. The van der Waals surface area contributed by atoms with Crippen molar-refractivity contribution in [3.63, 3.8) is 0 Å². The van der Waals surface area contributed by atoms with Gasteiger partial charge in [0.2, 0.25) is 5.88 Å². The van der Waals surface area contributed by atoms with Crippen LogP contribution < -0.4 is 4.74 Å². The van der Waals surface area contributed by atoms with Gasteiger partial charge in [-0.25, -0.2) is 9.97 Å². The molecule has 0 saturated heterocycles. The first-order valence-electron chi connectivity index (χ1n) is 10.4. The topological polar surface area (TPSA) is 60.2 Å². The van der Waals surface area contributed by atoms with Gasteiger partial charge in [-0.15, -0.1) is 0 Å². The fourth-order valence-electron chi connectivity index (χ4n) is 3.30. The number of aryl methyl sites for hydroxylation is 2. The quantitative estimate of drug-likeness (QED) is 0.610. The van der Waals surface area contributed by atoms with Crippen molar-refractivity contribution in [1.29, 1.82) is 0 Å². The molecule has 0 saturated carbocycles. The smallest absolute Gasteiger partial charge is 0.222 e. The van der Waals surface area contributed by atoms with Crippen molar-refractivity contribution in [3.05, 3.63) is 41.2 Å². The van der Waals surface area contributed by atoms with Crippen LogP contribution >= 0.6 is 0 Å². The van der Waals surface area contributed by atoms with Gasteiger partial charge >= 0.3 is 0 Å². The largest absolute Gasteiger partial charge is 0.480 e. The van der Waals surface area contributed by atoms with Crippen molar-refractivity contribution in [2.45, 2.75) is 59.8 Å². The highest BCUT2D eigenvalue weighted by Gasteiger charge is 2.19. The lowest BCUT2D eigenvalue weighted by atomic mass is 9.99. The third-order valence-electron chi connectivity index (χ3n) is 4.90. The van der Waals surface area contributed by atoms with Crippen molar-refractivity contribution in [2.24, 2.45) is 7.05 Å². The van der Waals surface area contributed by atoms with Crippen LogP contribution in [0.3, 0.4) is 0 Å². The lowest BCUT2D eigenvalue weighted by Gasteiger charge is -2.13. The number of aliphatic hydroxyl groups excluding tert-OH is 1. The van der Waals surface area contributed by atoms with E-state index in [-0.39, 0.29) is 12.5 Å². The summed E-state index contributed by atoms with van der Waals surface area (Å²) in [6.07, 6.45) is 3.30. The summed E-state index contributed by atoms with van der Waals surface area (Å²) in [4.78, 5) is 9.58. The van der Waals surface area contributed by atoms with Crippen molar-refractivity contribution >= 4 is 11.0 Å². The number of ether oxygens (including phenoxy) is 1. The Hall–Kier alpha value is -2.40. The number of aliphatic hydroxyl groups is 1. The zero-order valence-electron chi connectivity index (χ0n) is 19.1. The van der Waals surface area contributed by atoms with E-state index in [1.54, 1.807) is 7.11 Å². The molecule has 0 fully saturated rings. The van der Waals surface area contributed by atoms with Gasteiger partial charge in [-0.2, -0.15) is 0 Å². The molecule has 3 rings (SSSR count). The van der Waals surface area contributed by atoms with Crippen molar-refractivity contribution in [2.75, 3.05) is 13.7 Å². The van der Waals surface area contributed by atoms with E-state index in [0.717, 1.165) is 39.1 Å². The second-order valence-electron chi connectivity index (χ2n) is 7.96. The summed E-state index contributed by atoms with van der Waals surface area (Å²) in [6.45, 7) is 12.7. The molecule has 0 unspecified atom stereocenters. The van der Waals surface area contributed by atoms with E-state index in [0.29, 0.717) is 11.8 Å². The van der Waals surface area contributed by atoms with Crippen LogP contribution in [0, 0.1) is 6.92 Å². The molecule has 0 bridgehead atoms. The van der Waals surface area contributed by atoms with Crippen molar-refractivity contribution in [1.82, 2.24) is 14.5 Å². The van der Waals surface area contributed by atoms with Crippen LogP contribution in [0.25, 0.3) is 22.3 Å². The van der Waals surface area contributed by atoms with Gasteiger partial charge in [0.15, 0.2) is 0 Å². The monoisotopic (exact) mass is 397 g/mol. The van der Waals surface area contributed by atoms with Gasteiger partial charge in [-0.05, 0) is 42.2 Å². The van der Waals surface area contributed by atoms with E-state index in [4.69, 9.17) is 9.72 Å². The zero-order valence-corrected chi connectivity index (χ0v) is 19.1. The van der Waals surface area contributed by atoms with Crippen LogP contribution in [0.2, 0.25) is 0 Å². The Labute approximate surface area is 174 Å². The maximum absolute atomic E-state index is 9.54. The molecule has 0 aliphatic heterocycles. The number of hydrogen-bond acceptors (Lipinski definition) is 4. The van der Waals surface area contributed by atoms with Crippen LogP contribution in [-0.2, 0) is 7.05 Å². The predicted molar refractivity (Wildman–Crippen MR) is 121 cm³/mol. The Balaban J connectivity index is 0.000000941. The van der Waals surface area contributed by atoms with Crippen LogP contribution in [0.15, 0.2) is 24.4 Å². The number of methoxy groups -OCH3 is 1. The van der Waals surface area contributed by atoms with Gasteiger partial charge in [0.1, 0.15) is 5.65 Å². The van der Waals surface area contributed by atoms with Crippen molar-refractivity contribution < 1.29 is 9.84 Å². The summed E-state index contributed by atoms with van der Waals surface area (Å²) in [6, 6.07) is 6.23. The number of hydrogen-bond donors (Lipinski definition) is 1. The Bertz CT molecular complexity index is 960. The maximum Gasteiger partial charge on any atom is 0.222 e. The lowest BCUT2D eigenvalue weighted by Crippen LogP contribution is -2.01. The normalized spacial score (nSPS) is 12.1. The standard InChI is InChI=1S/C21H27N3O2.C3H8/c1-12(2)18-8-7-15(21(22-18)26-6)19-13(3)9-16-17(14(4)11-25)10-24(5)20(16)23-19;1-3-2/h7-10,12,14,25H,11H2,1-6H3;3H2,1-2H3/t14-;/m0./s1. The number of fused-ring (bicyclic) bond motifs is 1.